The molecule has 9 heteroatoms. The molecule has 0 unspecified atom stereocenters. The zero-order valence-electron chi connectivity index (χ0n) is 19.5. The molecular weight excluding hydrogens is 446 g/mol. The lowest BCUT2D eigenvalue weighted by atomic mass is 9.93. The summed E-state index contributed by atoms with van der Waals surface area (Å²) in [6, 6.07) is 10.7. The van der Waals surface area contributed by atoms with Crippen molar-refractivity contribution in [2.45, 2.75) is 44.2 Å². The third-order valence-electron chi connectivity index (χ3n) is 7.12. The number of imidazole rings is 1. The number of likely N-dealkylation sites (N-methyl/N-ethyl adjacent to an activating group) is 1. The van der Waals surface area contributed by atoms with Gasteiger partial charge in [-0.25, -0.2) is 14.5 Å². The molecule has 0 radical (unpaired) electrons. The number of nitrogens with one attached hydrogen (secondary N) is 1. The molecule has 1 aromatic carbocycles. The van der Waals surface area contributed by atoms with Crippen molar-refractivity contribution >= 4 is 38.2 Å². The van der Waals surface area contributed by atoms with E-state index in [2.05, 4.69) is 57.5 Å². The molecule has 6 rings (SSSR count). The van der Waals surface area contributed by atoms with Crippen LogP contribution in [0.5, 0.6) is 0 Å². The third kappa shape index (κ3) is 4.35. The average molecular weight is 478 g/mol. The van der Waals surface area contributed by atoms with Gasteiger partial charge >= 0.3 is 0 Å². The van der Waals surface area contributed by atoms with E-state index in [-0.39, 0.29) is 12.1 Å². The van der Waals surface area contributed by atoms with Gasteiger partial charge in [0, 0.05) is 32.6 Å². The topological polar surface area (TPSA) is 81.8 Å². The molecule has 2 N–H and O–H groups in total. The summed E-state index contributed by atoms with van der Waals surface area (Å²) in [5, 5.41) is 19.6. The van der Waals surface area contributed by atoms with Gasteiger partial charge in [0.15, 0.2) is 10.8 Å². The lowest BCUT2D eigenvalue weighted by Crippen LogP contribution is -2.44. The molecule has 34 heavy (non-hydrogen) atoms. The monoisotopic (exact) mass is 477 g/mol. The van der Waals surface area contributed by atoms with Gasteiger partial charge in [-0.05, 0) is 49.7 Å². The predicted octanol–water partition coefficient (Wildman–Crippen LogP) is 3.40. The van der Waals surface area contributed by atoms with Crippen LogP contribution in [0.1, 0.15) is 36.9 Å². The molecule has 1 saturated heterocycles. The van der Waals surface area contributed by atoms with E-state index in [9.17, 15) is 5.11 Å². The van der Waals surface area contributed by atoms with Gasteiger partial charge in [0.05, 0.1) is 34.3 Å². The zero-order valence-corrected chi connectivity index (χ0v) is 20.3. The van der Waals surface area contributed by atoms with Gasteiger partial charge < -0.3 is 20.2 Å². The second-order valence-corrected chi connectivity index (χ2v) is 10.6. The average Bonchev–Trinajstić information content (AvgIpc) is 3.44. The summed E-state index contributed by atoms with van der Waals surface area (Å²) >= 11 is 1.66. The molecule has 4 aromatic rings. The number of rotatable bonds is 5. The number of nitrogens with zero attached hydrogens (tertiary/aromatic N) is 6. The van der Waals surface area contributed by atoms with Crippen LogP contribution in [0.25, 0.3) is 15.9 Å². The van der Waals surface area contributed by atoms with Crippen molar-refractivity contribution in [3.8, 4) is 0 Å². The Morgan fingerprint density at radius 1 is 1.09 bits per heavy atom. The number of benzene rings is 1. The molecule has 1 saturated carbocycles. The number of aliphatic hydroxyl groups is 1. The quantitative estimate of drug-likeness (QED) is 0.456. The number of aromatic nitrogens is 4. The second kappa shape index (κ2) is 9.13. The SMILES string of the molecule is CN1CCN(c2ccc3ncc(Cc4ccc5nc(N[C@@H]6CCCC[C@H]6O)sc5c4)n3n2)CC1. The Balaban J connectivity index is 1.22. The number of hydrogen-bond acceptors (Lipinski definition) is 8. The molecule has 0 amide bonds. The number of anilines is 2. The summed E-state index contributed by atoms with van der Waals surface area (Å²) in [6.07, 6.45) is 6.55. The fourth-order valence-corrected chi connectivity index (χ4v) is 6.02. The van der Waals surface area contributed by atoms with Gasteiger partial charge in [0.1, 0.15) is 5.82 Å². The highest BCUT2D eigenvalue weighted by atomic mass is 32.1. The molecule has 1 aliphatic carbocycles. The van der Waals surface area contributed by atoms with Crippen LogP contribution >= 0.6 is 11.3 Å². The van der Waals surface area contributed by atoms with Gasteiger partial charge in [-0.15, -0.1) is 5.10 Å². The van der Waals surface area contributed by atoms with E-state index in [0.717, 1.165) is 90.8 Å². The Kier molecular flexibility index (Phi) is 5.84. The number of piperazine rings is 1. The molecule has 1 aliphatic heterocycles. The van der Waals surface area contributed by atoms with E-state index in [1.54, 1.807) is 11.3 Å². The number of hydrogen-bond donors (Lipinski definition) is 2. The van der Waals surface area contributed by atoms with Gasteiger partial charge in [-0.3, -0.25) is 0 Å². The van der Waals surface area contributed by atoms with Crippen molar-refractivity contribution in [3.63, 3.8) is 0 Å². The predicted molar refractivity (Wildman–Crippen MR) is 137 cm³/mol. The Hall–Kier alpha value is -2.75. The van der Waals surface area contributed by atoms with Crippen LogP contribution in [-0.2, 0) is 6.42 Å². The van der Waals surface area contributed by atoms with Crippen molar-refractivity contribution in [2.75, 3.05) is 43.4 Å². The number of fused-ring (bicyclic) bond motifs is 2. The fraction of sp³-hybridized carbons (Fsp3) is 0.480. The van der Waals surface area contributed by atoms with E-state index in [0.29, 0.717) is 0 Å². The van der Waals surface area contributed by atoms with E-state index in [4.69, 9.17) is 10.1 Å². The second-order valence-electron chi connectivity index (χ2n) is 9.60. The standard InChI is InChI=1S/C25H31N7OS/c1-30-10-12-31(13-11-30)24-9-8-23-26-16-18(32(23)29-24)14-17-6-7-20-22(15-17)34-25(28-20)27-19-4-2-3-5-21(19)33/h6-9,15-16,19,21,33H,2-5,10-14H2,1H3,(H,27,28)/t19-,21-/m1/s1. The van der Waals surface area contributed by atoms with Crippen LogP contribution < -0.4 is 10.2 Å². The van der Waals surface area contributed by atoms with Gasteiger partial charge in [0.25, 0.3) is 0 Å². The minimum atomic E-state index is -0.283. The van der Waals surface area contributed by atoms with Gasteiger partial charge in [0.2, 0.25) is 0 Å². The van der Waals surface area contributed by atoms with E-state index < -0.39 is 0 Å². The van der Waals surface area contributed by atoms with Crippen molar-refractivity contribution in [2.24, 2.45) is 0 Å². The minimum absolute atomic E-state index is 0.104. The maximum absolute atomic E-state index is 10.3. The van der Waals surface area contributed by atoms with Crippen LogP contribution in [0.2, 0.25) is 0 Å². The lowest BCUT2D eigenvalue weighted by molar-refractivity contribution is 0.116. The summed E-state index contributed by atoms with van der Waals surface area (Å²) in [4.78, 5) is 14.0. The lowest BCUT2D eigenvalue weighted by Gasteiger charge is -2.33. The van der Waals surface area contributed by atoms with E-state index in [1.807, 2.05) is 10.7 Å². The molecule has 4 heterocycles. The van der Waals surface area contributed by atoms with Crippen molar-refractivity contribution in [3.05, 3.63) is 47.8 Å². The normalized spacial score (nSPS) is 22.0. The van der Waals surface area contributed by atoms with Crippen molar-refractivity contribution < 1.29 is 5.11 Å². The summed E-state index contributed by atoms with van der Waals surface area (Å²) in [5.74, 6) is 1.01. The summed E-state index contributed by atoms with van der Waals surface area (Å²) < 4.78 is 3.15. The van der Waals surface area contributed by atoms with E-state index in [1.165, 1.54) is 5.56 Å². The van der Waals surface area contributed by atoms with Crippen LogP contribution in [0.4, 0.5) is 10.9 Å². The first-order chi connectivity index (χ1) is 16.6. The molecule has 178 valence electrons. The maximum atomic E-state index is 10.3. The Morgan fingerprint density at radius 2 is 1.94 bits per heavy atom. The van der Waals surface area contributed by atoms with Crippen LogP contribution in [0.15, 0.2) is 36.5 Å². The van der Waals surface area contributed by atoms with Crippen molar-refractivity contribution in [1.29, 1.82) is 0 Å². The first kappa shape index (κ1) is 21.8. The highest BCUT2D eigenvalue weighted by Crippen LogP contribution is 2.30. The molecule has 0 spiro atoms. The van der Waals surface area contributed by atoms with Gasteiger partial charge in [-0.1, -0.05) is 30.2 Å². The Morgan fingerprint density at radius 3 is 2.79 bits per heavy atom. The molecule has 0 bridgehead atoms. The third-order valence-corrected chi connectivity index (χ3v) is 8.07. The Bertz CT molecular complexity index is 1290. The number of aliphatic hydroxyl groups excluding tert-OH is 1. The van der Waals surface area contributed by atoms with E-state index >= 15 is 0 Å². The molecule has 3 aromatic heterocycles. The largest absolute Gasteiger partial charge is 0.391 e. The summed E-state index contributed by atoms with van der Waals surface area (Å²) in [7, 11) is 2.17. The maximum Gasteiger partial charge on any atom is 0.184 e. The highest BCUT2D eigenvalue weighted by molar-refractivity contribution is 7.22. The Labute approximate surface area is 203 Å². The zero-order chi connectivity index (χ0) is 23.1. The molecule has 2 fully saturated rings. The van der Waals surface area contributed by atoms with Crippen LogP contribution in [0.3, 0.4) is 0 Å². The fourth-order valence-electron chi connectivity index (χ4n) is 5.02. The summed E-state index contributed by atoms with van der Waals surface area (Å²) in [5.41, 5.74) is 4.17. The summed E-state index contributed by atoms with van der Waals surface area (Å²) in [6.45, 7) is 4.11. The molecular formula is C25H31N7OS. The smallest absolute Gasteiger partial charge is 0.184 e. The number of thiazole rings is 1. The molecule has 2 atom stereocenters. The first-order valence-corrected chi connectivity index (χ1v) is 13.1. The highest BCUT2D eigenvalue weighted by Gasteiger charge is 2.24. The van der Waals surface area contributed by atoms with Gasteiger partial charge in [-0.2, -0.15) is 0 Å². The minimum Gasteiger partial charge on any atom is -0.391 e. The van der Waals surface area contributed by atoms with Crippen LogP contribution in [-0.4, -0.2) is 75.0 Å². The van der Waals surface area contributed by atoms with Crippen molar-refractivity contribution in [1.82, 2.24) is 24.5 Å². The molecule has 8 nitrogen and oxygen atoms in total. The molecule has 2 aliphatic rings. The first-order valence-electron chi connectivity index (χ1n) is 12.2. The van der Waals surface area contributed by atoms with Crippen LogP contribution in [0, 0.1) is 0 Å².